The molecule has 0 bridgehead atoms. The first kappa shape index (κ1) is 15.4. The van der Waals surface area contributed by atoms with Crippen LogP contribution in [0.15, 0.2) is 4.52 Å². The van der Waals surface area contributed by atoms with Crippen molar-refractivity contribution in [3.05, 3.63) is 17.0 Å². The maximum Gasteiger partial charge on any atom is 0.318 e. The highest BCUT2D eigenvalue weighted by Gasteiger charge is 2.35. The summed E-state index contributed by atoms with van der Waals surface area (Å²) in [5.74, 6) is 0.930. The van der Waals surface area contributed by atoms with Crippen molar-refractivity contribution in [2.24, 2.45) is 0 Å². The second-order valence-electron chi connectivity index (χ2n) is 6.59. The third-order valence-electron chi connectivity index (χ3n) is 5.08. The van der Waals surface area contributed by atoms with Gasteiger partial charge < -0.3 is 14.7 Å². The molecule has 0 spiro atoms. The normalized spacial score (nSPS) is 23.0. The molecule has 1 aromatic rings. The van der Waals surface area contributed by atoms with Crippen LogP contribution in [0.25, 0.3) is 0 Å². The second kappa shape index (κ2) is 6.71. The number of carbonyl (C=O) groups excluding carboxylic acids is 1. The van der Waals surface area contributed by atoms with Gasteiger partial charge in [0.1, 0.15) is 5.76 Å². The van der Waals surface area contributed by atoms with Crippen molar-refractivity contribution in [1.82, 2.24) is 15.4 Å². The monoisotopic (exact) mass is 305 g/mol. The van der Waals surface area contributed by atoms with E-state index in [1.54, 1.807) is 0 Å². The summed E-state index contributed by atoms with van der Waals surface area (Å²) in [6.45, 7) is 4.88. The molecule has 0 unspecified atom stereocenters. The van der Waals surface area contributed by atoms with Gasteiger partial charge in [0.15, 0.2) is 0 Å². The van der Waals surface area contributed by atoms with Gasteiger partial charge in [-0.2, -0.15) is 0 Å². The first-order chi connectivity index (χ1) is 10.7. The summed E-state index contributed by atoms with van der Waals surface area (Å²) in [6.07, 6.45) is 8.90. The minimum absolute atomic E-state index is 0.0945. The van der Waals surface area contributed by atoms with Crippen LogP contribution in [-0.4, -0.2) is 28.7 Å². The molecule has 0 radical (unpaired) electrons. The first-order valence-corrected chi connectivity index (χ1v) is 8.73. The Morgan fingerprint density at radius 1 is 1.27 bits per heavy atom. The van der Waals surface area contributed by atoms with E-state index in [0.717, 1.165) is 55.7 Å². The Labute approximate surface area is 132 Å². The first-order valence-electron chi connectivity index (χ1n) is 8.73. The van der Waals surface area contributed by atoms with E-state index >= 15 is 0 Å². The topological polar surface area (TPSA) is 58.4 Å². The molecule has 1 aliphatic carbocycles. The van der Waals surface area contributed by atoms with Gasteiger partial charge in [0.05, 0.1) is 11.7 Å². The van der Waals surface area contributed by atoms with E-state index in [2.05, 4.69) is 17.4 Å². The van der Waals surface area contributed by atoms with Crippen LogP contribution in [0.5, 0.6) is 0 Å². The quantitative estimate of drug-likeness (QED) is 0.925. The van der Waals surface area contributed by atoms with E-state index in [1.807, 2.05) is 11.8 Å². The van der Waals surface area contributed by atoms with Gasteiger partial charge in [-0.1, -0.05) is 31.3 Å². The zero-order valence-electron chi connectivity index (χ0n) is 13.7. The van der Waals surface area contributed by atoms with Crippen molar-refractivity contribution < 1.29 is 9.32 Å². The Morgan fingerprint density at radius 3 is 2.77 bits per heavy atom. The molecule has 2 heterocycles. The molecule has 1 atom stereocenters. The number of hydrogen-bond donors (Lipinski definition) is 1. The third-order valence-corrected chi connectivity index (χ3v) is 5.08. The van der Waals surface area contributed by atoms with Gasteiger partial charge >= 0.3 is 6.03 Å². The summed E-state index contributed by atoms with van der Waals surface area (Å²) in [6, 6.07) is 0.582. The van der Waals surface area contributed by atoms with Crippen molar-refractivity contribution in [2.45, 2.75) is 77.3 Å². The lowest BCUT2D eigenvalue weighted by Crippen LogP contribution is -2.45. The fraction of sp³-hybridized carbons (Fsp3) is 0.765. The number of urea groups is 1. The molecule has 2 fully saturated rings. The molecule has 1 aliphatic heterocycles. The van der Waals surface area contributed by atoms with Gasteiger partial charge in [-0.05, 0) is 32.6 Å². The Morgan fingerprint density at radius 2 is 2.05 bits per heavy atom. The molecule has 1 saturated heterocycles. The Balaban J connectivity index is 1.72. The van der Waals surface area contributed by atoms with E-state index < -0.39 is 0 Å². The molecule has 122 valence electrons. The number of carbonyl (C=O) groups is 1. The molecular weight excluding hydrogens is 278 g/mol. The number of likely N-dealkylation sites (tertiary alicyclic amines) is 1. The zero-order valence-corrected chi connectivity index (χ0v) is 13.7. The maximum atomic E-state index is 12.7. The summed E-state index contributed by atoms with van der Waals surface area (Å²) >= 11 is 0. The van der Waals surface area contributed by atoms with Gasteiger partial charge in [-0.15, -0.1) is 0 Å². The van der Waals surface area contributed by atoms with Crippen LogP contribution in [0, 0.1) is 6.92 Å². The number of aromatic nitrogens is 1. The lowest BCUT2D eigenvalue weighted by molar-refractivity contribution is 0.184. The summed E-state index contributed by atoms with van der Waals surface area (Å²) in [4.78, 5) is 14.7. The molecular formula is C17H27N3O2. The molecule has 5 nitrogen and oxygen atoms in total. The maximum absolute atomic E-state index is 12.7. The predicted octanol–water partition coefficient (Wildman–Crippen LogP) is 3.72. The molecule has 1 N–H and O–H groups in total. The molecule has 5 heteroatoms. The fourth-order valence-electron chi connectivity index (χ4n) is 3.92. The van der Waals surface area contributed by atoms with Crippen LogP contribution < -0.4 is 5.32 Å². The average molecular weight is 305 g/mol. The van der Waals surface area contributed by atoms with Crippen LogP contribution in [0.1, 0.15) is 74.9 Å². The molecule has 1 saturated carbocycles. The lowest BCUT2D eigenvalue weighted by Gasteiger charge is -2.29. The number of rotatable bonds is 3. The van der Waals surface area contributed by atoms with E-state index in [9.17, 15) is 4.79 Å². The number of amides is 2. The van der Waals surface area contributed by atoms with Gasteiger partial charge in [-0.25, -0.2) is 4.79 Å². The highest BCUT2D eigenvalue weighted by atomic mass is 16.5. The lowest BCUT2D eigenvalue weighted by atomic mass is 9.95. The molecule has 0 aromatic carbocycles. The van der Waals surface area contributed by atoms with Crippen LogP contribution in [0.4, 0.5) is 4.79 Å². The van der Waals surface area contributed by atoms with E-state index in [-0.39, 0.29) is 12.1 Å². The molecule has 22 heavy (non-hydrogen) atoms. The van der Waals surface area contributed by atoms with Crippen molar-refractivity contribution >= 4 is 6.03 Å². The summed E-state index contributed by atoms with van der Waals surface area (Å²) in [5, 5.41) is 7.35. The Kier molecular flexibility index (Phi) is 4.69. The van der Waals surface area contributed by atoms with Gasteiger partial charge in [0, 0.05) is 24.6 Å². The zero-order chi connectivity index (χ0) is 15.5. The highest BCUT2D eigenvalue weighted by Crippen LogP contribution is 2.36. The smallest absolute Gasteiger partial charge is 0.318 e. The standard InChI is InChI=1S/C17H27N3O2/c1-3-15-16(12(2)19-22-15)14-10-7-11-20(14)17(21)18-13-8-5-4-6-9-13/h13-14H,3-11H2,1-2H3,(H,18,21)/t14-/m1/s1. The molecule has 3 rings (SSSR count). The summed E-state index contributed by atoms with van der Waals surface area (Å²) < 4.78 is 5.43. The van der Waals surface area contributed by atoms with E-state index in [4.69, 9.17) is 4.52 Å². The molecule has 2 aliphatic rings. The van der Waals surface area contributed by atoms with Gasteiger partial charge in [-0.3, -0.25) is 0 Å². The fourth-order valence-corrected chi connectivity index (χ4v) is 3.92. The van der Waals surface area contributed by atoms with Crippen molar-refractivity contribution in [2.75, 3.05) is 6.54 Å². The minimum atomic E-state index is 0.0945. The van der Waals surface area contributed by atoms with Crippen LogP contribution in [0.2, 0.25) is 0 Å². The van der Waals surface area contributed by atoms with E-state index in [1.165, 1.54) is 19.3 Å². The molecule has 2 amide bonds. The van der Waals surface area contributed by atoms with E-state index in [0.29, 0.717) is 6.04 Å². The van der Waals surface area contributed by atoms with Crippen LogP contribution in [0.3, 0.4) is 0 Å². The predicted molar refractivity (Wildman–Crippen MR) is 84.7 cm³/mol. The summed E-state index contributed by atoms with van der Waals surface area (Å²) in [5.41, 5.74) is 2.07. The number of hydrogen-bond acceptors (Lipinski definition) is 3. The Hall–Kier alpha value is -1.52. The largest absolute Gasteiger partial charge is 0.361 e. The van der Waals surface area contributed by atoms with Gasteiger partial charge in [0.25, 0.3) is 0 Å². The van der Waals surface area contributed by atoms with Crippen LogP contribution >= 0.6 is 0 Å². The minimum Gasteiger partial charge on any atom is -0.361 e. The number of nitrogens with zero attached hydrogens (tertiary/aromatic N) is 2. The average Bonchev–Trinajstić information content (AvgIpc) is 3.14. The third kappa shape index (κ3) is 2.99. The number of nitrogens with one attached hydrogen (secondary N) is 1. The van der Waals surface area contributed by atoms with Crippen molar-refractivity contribution in [3.63, 3.8) is 0 Å². The number of aryl methyl sites for hydroxylation is 2. The summed E-state index contributed by atoms with van der Waals surface area (Å²) in [7, 11) is 0. The Bertz CT molecular complexity index is 520. The second-order valence-corrected chi connectivity index (χ2v) is 6.59. The molecule has 1 aromatic heterocycles. The van der Waals surface area contributed by atoms with Crippen molar-refractivity contribution in [1.29, 1.82) is 0 Å². The van der Waals surface area contributed by atoms with Crippen LogP contribution in [-0.2, 0) is 6.42 Å². The van der Waals surface area contributed by atoms with Gasteiger partial charge in [0.2, 0.25) is 0 Å². The van der Waals surface area contributed by atoms with Crippen molar-refractivity contribution in [3.8, 4) is 0 Å². The SMILES string of the molecule is CCc1onc(C)c1[C@H]1CCCN1C(=O)NC1CCCCC1. The highest BCUT2D eigenvalue weighted by molar-refractivity contribution is 5.75.